The van der Waals surface area contributed by atoms with E-state index in [1.165, 1.54) is 0 Å². The number of hydrogen-bond acceptors (Lipinski definition) is 3. The van der Waals surface area contributed by atoms with Gasteiger partial charge in [-0.2, -0.15) is 0 Å². The normalized spacial score (nSPS) is 10.6. The van der Waals surface area contributed by atoms with Crippen LogP contribution in [0.3, 0.4) is 0 Å². The summed E-state index contributed by atoms with van der Waals surface area (Å²) in [6, 6.07) is 7.33. The van der Waals surface area contributed by atoms with Gasteiger partial charge in [-0.05, 0) is 31.5 Å². The average Bonchev–Trinajstić information content (AvgIpc) is 2.35. The fourth-order valence-electron chi connectivity index (χ4n) is 1.65. The molecule has 0 aliphatic heterocycles. The molecular weight excluding hydrogens is 216 g/mol. The molecule has 0 unspecified atom stereocenters. The van der Waals surface area contributed by atoms with Gasteiger partial charge < -0.3 is 15.7 Å². The zero-order chi connectivity index (χ0) is 12.8. The van der Waals surface area contributed by atoms with Crippen LogP contribution >= 0.6 is 0 Å². The van der Waals surface area contributed by atoms with Crippen LogP contribution in [0.15, 0.2) is 24.3 Å². The standard InChI is InChI=1S/C13H20N2O2/c1-10(2)15(7-8-16)13(17)12-5-3-11(9-14)4-6-12/h3-6,10,16H,7-9,14H2,1-2H3. The van der Waals surface area contributed by atoms with Gasteiger partial charge in [-0.1, -0.05) is 12.1 Å². The van der Waals surface area contributed by atoms with Crippen molar-refractivity contribution in [2.75, 3.05) is 13.2 Å². The molecule has 3 N–H and O–H groups in total. The summed E-state index contributed by atoms with van der Waals surface area (Å²) in [6.07, 6.45) is 0. The maximum Gasteiger partial charge on any atom is 0.254 e. The van der Waals surface area contributed by atoms with Crippen molar-refractivity contribution >= 4 is 5.91 Å². The Morgan fingerprint density at radius 2 is 1.94 bits per heavy atom. The third-order valence-corrected chi connectivity index (χ3v) is 2.66. The van der Waals surface area contributed by atoms with E-state index < -0.39 is 0 Å². The predicted octanol–water partition coefficient (Wildman–Crippen LogP) is 0.988. The number of aliphatic hydroxyl groups excluding tert-OH is 1. The first-order chi connectivity index (χ1) is 8.10. The molecule has 1 rings (SSSR count). The van der Waals surface area contributed by atoms with Crippen LogP contribution in [-0.4, -0.2) is 35.1 Å². The summed E-state index contributed by atoms with van der Waals surface area (Å²) in [5, 5.41) is 8.95. The molecule has 0 fully saturated rings. The van der Waals surface area contributed by atoms with E-state index in [9.17, 15) is 4.79 Å². The second-order valence-electron chi connectivity index (χ2n) is 4.22. The number of benzene rings is 1. The number of aliphatic hydroxyl groups is 1. The Morgan fingerprint density at radius 3 is 2.35 bits per heavy atom. The molecule has 0 bridgehead atoms. The lowest BCUT2D eigenvalue weighted by molar-refractivity contribution is 0.0665. The third kappa shape index (κ3) is 3.54. The fourth-order valence-corrected chi connectivity index (χ4v) is 1.65. The summed E-state index contributed by atoms with van der Waals surface area (Å²) in [5.41, 5.74) is 7.13. The summed E-state index contributed by atoms with van der Waals surface area (Å²) >= 11 is 0. The van der Waals surface area contributed by atoms with Crippen LogP contribution in [0.1, 0.15) is 29.8 Å². The van der Waals surface area contributed by atoms with Gasteiger partial charge in [-0.15, -0.1) is 0 Å². The quantitative estimate of drug-likeness (QED) is 0.801. The van der Waals surface area contributed by atoms with E-state index >= 15 is 0 Å². The lowest BCUT2D eigenvalue weighted by Gasteiger charge is -2.26. The molecule has 0 saturated heterocycles. The fraction of sp³-hybridized carbons (Fsp3) is 0.462. The molecule has 94 valence electrons. The molecule has 0 heterocycles. The molecule has 0 aromatic heterocycles. The number of carbonyl (C=O) groups is 1. The highest BCUT2D eigenvalue weighted by Gasteiger charge is 2.17. The molecule has 4 heteroatoms. The first kappa shape index (κ1) is 13.7. The topological polar surface area (TPSA) is 66.6 Å². The van der Waals surface area contributed by atoms with E-state index in [0.29, 0.717) is 18.7 Å². The van der Waals surface area contributed by atoms with Gasteiger partial charge in [-0.25, -0.2) is 0 Å². The number of hydrogen-bond donors (Lipinski definition) is 2. The van der Waals surface area contributed by atoms with E-state index in [1.807, 2.05) is 26.0 Å². The average molecular weight is 236 g/mol. The minimum Gasteiger partial charge on any atom is -0.395 e. The molecule has 0 aliphatic rings. The summed E-state index contributed by atoms with van der Waals surface area (Å²) in [7, 11) is 0. The molecule has 1 amide bonds. The number of carbonyl (C=O) groups excluding carboxylic acids is 1. The monoisotopic (exact) mass is 236 g/mol. The second-order valence-corrected chi connectivity index (χ2v) is 4.22. The van der Waals surface area contributed by atoms with Crippen molar-refractivity contribution in [3.05, 3.63) is 35.4 Å². The Morgan fingerprint density at radius 1 is 1.35 bits per heavy atom. The molecule has 17 heavy (non-hydrogen) atoms. The van der Waals surface area contributed by atoms with E-state index in [1.54, 1.807) is 17.0 Å². The van der Waals surface area contributed by atoms with E-state index in [4.69, 9.17) is 10.8 Å². The number of rotatable bonds is 5. The Bertz CT molecular complexity index is 360. The molecular formula is C13H20N2O2. The molecule has 0 saturated carbocycles. The minimum absolute atomic E-state index is 0.0230. The molecule has 0 aliphatic carbocycles. The highest BCUT2D eigenvalue weighted by Crippen LogP contribution is 2.09. The van der Waals surface area contributed by atoms with Crippen LogP contribution in [0, 0.1) is 0 Å². The second kappa shape index (κ2) is 6.37. The van der Waals surface area contributed by atoms with Crippen molar-refractivity contribution in [3.63, 3.8) is 0 Å². The van der Waals surface area contributed by atoms with Crippen LogP contribution in [0.4, 0.5) is 0 Å². The van der Waals surface area contributed by atoms with Gasteiger partial charge in [0, 0.05) is 24.7 Å². The maximum atomic E-state index is 12.2. The first-order valence-corrected chi connectivity index (χ1v) is 5.81. The molecule has 0 atom stereocenters. The van der Waals surface area contributed by atoms with Gasteiger partial charge in [-0.3, -0.25) is 4.79 Å². The van der Waals surface area contributed by atoms with Crippen molar-refractivity contribution in [1.82, 2.24) is 4.90 Å². The van der Waals surface area contributed by atoms with Crippen molar-refractivity contribution < 1.29 is 9.90 Å². The summed E-state index contributed by atoms with van der Waals surface area (Å²) in [4.78, 5) is 13.8. The van der Waals surface area contributed by atoms with Gasteiger partial charge in [0.15, 0.2) is 0 Å². The van der Waals surface area contributed by atoms with E-state index in [0.717, 1.165) is 5.56 Å². The van der Waals surface area contributed by atoms with E-state index in [2.05, 4.69) is 0 Å². The van der Waals surface area contributed by atoms with Crippen LogP contribution < -0.4 is 5.73 Å². The molecule has 1 aromatic rings. The molecule has 4 nitrogen and oxygen atoms in total. The Hall–Kier alpha value is -1.39. The Labute approximate surface area is 102 Å². The van der Waals surface area contributed by atoms with Gasteiger partial charge >= 0.3 is 0 Å². The van der Waals surface area contributed by atoms with Crippen LogP contribution in [0.5, 0.6) is 0 Å². The summed E-state index contributed by atoms with van der Waals surface area (Å²) in [5.74, 6) is -0.0578. The van der Waals surface area contributed by atoms with Gasteiger partial charge in [0.1, 0.15) is 0 Å². The number of nitrogens with two attached hydrogens (primary N) is 1. The smallest absolute Gasteiger partial charge is 0.254 e. The Kier molecular flexibility index (Phi) is 5.12. The summed E-state index contributed by atoms with van der Waals surface area (Å²) < 4.78 is 0. The SMILES string of the molecule is CC(C)N(CCO)C(=O)c1ccc(CN)cc1. The molecule has 0 radical (unpaired) electrons. The minimum atomic E-state index is -0.0578. The zero-order valence-corrected chi connectivity index (χ0v) is 10.4. The van der Waals surface area contributed by atoms with Gasteiger partial charge in [0.25, 0.3) is 5.91 Å². The highest BCUT2D eigenvalue weighted by atomic mass is 16.3. The first-order valence-electron chi connectivity index (χ1n) is 5.81. The lowest BCUT2D eigenvalue weighted by Crippen LogP contribution is -2.39. The highest BCUT2D eigenvalue weighted by molar-refractivity contribution is 5.94. The van der Waals surface area contributed by atoms with Crippen molar-refractivity contribution in [3.8, 4) is 0 Å². The predicted molar refractivity (Wildman–Crippen MR) is 67.6 cm³/mol. The lowest BCUT2D eigenvalue weighted by atomic mass is 10.1. The van der Waals surface area contributed by atoms with Crippen LogP contribution in [-0.2, 0) is 6.54 Å². The summed E-state index contributed by atoms with van der Waals surface area (Å²) in [6.45, 7) is 4.67. The maximum absolute atomic E-state index is 12.2. The zero-order valence-electron chi connectivity index (χ0n) is 10.4. The van der Waals surface area contributed by atoms with Crippen molar-refractivity contribution in [2.24, 2.45) is 5.73 Å². The Balaban J connectivity index is 2.85. The van der Waals surface area contributed by atoms with Crippen LogP contribution in [0.2, 0.25) is 0 Å². The largest absolute Gasteiger partial charge is 0.395 e. The third-order valence-electron chi connectivity index (χ3n) is 2.66. The van der Waals surface area contributed by atoms with E-state index in [-0.39, 0.29) is 18.6 Å². The van der Waals surface area contributed by atoms with Gasteiger partial charge in [0.2, 0.25) is 0 Å². The molecule has 0 spiro atoms. The van der Waals surface area contributed by atoms with Crippen molar-refractivity contribution in [2.45, 2.75) is 26.4 Å². The number of nitrogens with zero attached hydrogens (tertiary/aromatic N) is 1. The van der Waals surface area contributed by atoms with Crippen molar-refractivity contribution in [1.29, 1.82) is 0 Å². The van der Waals surface area contributed by atoms with Gasteiger partial charge in [0.05, 0.1) is 6.61 Å². The number of amides is 1. The molecule has 1 aromatic carbocycles. The van der Waals surface area contributed by atoms with Crippen LogP contribution in [0.25, 0.3) is 0 Å².